The third-order valence-electron chi connectivity index (χ3n) is 5.96. The molecule has 0 spiro atoms. The lowest BCUT2D eigenvalue weighted by molar-refractivity contribution is -0.126. The fourth-order valence-corrected chi connectivity index (χ4v) is 4.25. The standard InChI is InChI=1S/C29H31N3O4/c1-19(2)30-28(34)26-27(36-29(35)32(26)18-22-14-12-20(3)13-15-22)23-10-7-11-24(17-23)31-25(33)16-21-8-5-4-6-9-21/h4-15,17,19,26-27H,16,18H2,1-3H3,(H,30,34)(H,31,33)/t26-,27+/m1/s1. The molecule has 4 rings (SSSR count). The zero-order chi connectivity index (χ0) is 25.7. The number of ether oxygens (including phenoxy) is 1. The van der Waals surface area contributed by atoms with Crippen molar-refractivity contribution in [2.24, 2.45) is 0 Å². The summed E-state index contributed by atoms with van der Waals surface area (Å²) in [5, 5.41) is 5.83. The summed E-state index contributed by atoms with van der Waals surface area (Å²) in [5.41, 5.74) is 4.14. The van der Waals surface area contributed by atoms with E-state index >= 15 is 0 Å². The molecular weight excluding hydrogens is 454 g/mol. The summed E-state index contributed by atoms with van der Waals surface area (Å²) in [6.07, 6.45) is -1.12. The second kappa shape index (κ2) is 11.1. The van der Waals surface area contributed by atoms with Gasteiger partial charge in [0.2, 0.25) is 11.8 Å². The van der Waals surface area contributed by atoms with Crippen LogP contribution in [0.5, 0.6) is 0 Å². The molecule has 186 valence electrons. The number of hydrogen-bond donors (Lipinski definition) is 2. The van der Waals surface area contributed by atoms with Crippen LogP contribution in [0.3, 0.4) is 0 Å². The van der Waals surface area contributed by atoms with Crippen molar-refractivity contribution in [3.05, 3.63) is 101 Å². The zero-order valence-corrected chi connectivity index (χ0v) is 20.7. The van der Waals surface area contributed by atoms with E-state index in [9.17, 15) is 14.4 Å². The van der Waals surface area contributed by atoms with Gasteiger partial charge in [0.15, 0.2) is 12.1 Å². The highest BCUT2D eigenvalue weighted by molar-refractivity contribution is 5.92. The first-order valence-corrected chi connectivity index (χ1v) is 12.1. The van der Waals surface area contributed by atoms with Gasteiger partial charge in [0.25, 0.3) is 0 Å². The maximum absolute atomic E-state index is 13.3. The van der Waals surface area contributed by atoms with Crippen molar-refractivity contribution in [2.75, 3.05) is 5.32 Å². The van der Waals surface area contributed by atoms with Crippen molar-refractivity contribution >= 4 is 23.6 Å². The lowest BCUT2D eigenvalue weighted by Crippen LogP contribution is -2.48. The van der Waals surface area contributed by atoms with E-state index in [1.165, 1.54) is 4.90 Å². The van der Waals surface area contributed by atoms with Gasteiger partial charge in [-0.3, -0.25) is 14.5 Å². The van der Waals surface area contributed by atoms with Crippen molar-refractivity contribution in [2.45, 2.75) is 51.9 Å². The Labute approximate surface area is 211 Å². The summed E-state index contributed by atoms with van der Waals surface area (Å²) < 4.78 is 5.74. The Morgan fingerprint density at radius 2 is 1.67 bits per heavy atom. The summed E-state index contributed by atoms with van der Waals surface area (Å²) in [5.74, 6) is -0.441. The predicted molar refractivity (Wildman–Crippen MR) is 138 cm³/mol. The van der Waals surface area contributed by atoms with Gasteiger partial charge in [-0.05, 0) is 49.6 Å². The maximum Gasteiger partial charge on any atom is 0.411 e. The second-order valence-electron chi connectivity index (χ2n) is 9.36. The highest BCUT2D eigenvalue weighted by Crippen LogP contribution is 2.35. The van der Waals surface area contributed by atoms with Crippen molar-refractivity contribution in [3.8, 4) is 0 Å². The van der Waals surface area contributed by atoms with Crippen molar-refractivity contribution in [1.82, 2.24) is 10.2 Å². The molecule has 2 atom stereocenters. The number of hydrogen-bond acceptors (Lipinski definition) is 4. The number of amides is 3. The molecular formula is C29H31N3O4. The molecule has 0 saturated carbocycles. The van der Waals surface area contributed by atoms with Crippen LogP contribution >= 0.6 is 0 Å². The van der Waals surface area contributed by atoms with E-state index in [1.54, 1.807) is 24.3 Å². The normalized spacial score (nSPS) is 17.1. The molecule has 0 unspecified atom stereocenters. The number of aryl methyl sites for hydroxylation is 1. The summed E-state index contributed by atoms with van der Waals surface area (Å²) in [6.45, 7) is 5.99. The van der Waals surface area contributed by atoms with E-state index in [4.69, 9.17) is 4.74 Å². The molecule has 1 aliphatic rings. The Balaban J connectivity index is 1.56. The number of nitrogens with zero attached hydrogens (tertiary/aromatic N) is 1. The average molecular weight is 486 g/mol. The number of benzene rings is 3. The van der Waals surface area contributed by atoms with Gasteiger partial charge in [-0.15, -0.1) is 0 Å². The number of cyclic esters (lactones) is 1. The minimum absolute atomic E-state index is 0.0984. The van der Waals surface area contributed by atoms with Crippen LogP contribution in [0, 0.1) is 6.92 Å². The third-order valence-corrected chi connectivity index (χ3v) is 5.96. The van der Waals surface area contributed by atoms with Gasteiger partial charge >= 0.3 is 6.09 Å². The van der Waals surface area contributed by atoms with Crippen LogP contribution in [0.1, 0.15) is 42.2 Å². The molecule has 3 amide bonds. The minimum atomic E-state index is -0.850. The molecule has 1 aliphatic heterocycles. The monoisotopic (exact) mass is 485 g/mol. The zero-order valence-electron chi connectivity index (χ0n) is 20.7. The fourth-order valence-electron chi connectivity index (χ4n) is 4.25. The lowest BCUT2D eigenvalue weighted by Gasteiger charge is -2.25. The summed E-state index contributed by atoms with van der Waals surface area (Å²) in [6, 6.07) is 23.5. The molecule has 36 heavy (non-hydrogen) atoms. The van der Waals surface area contributed by atoms with Crippen molar-refractivity contribution in [3.63, 3.8) is 0 Å². The summed E-state index contributed by atoms with van der Waals surface area (Å²) in [4.78, 5) is 40.2. The first-order chi connectivity index (χ1) is 17.3. The van der Waals surface area contributed by atoms with Crippen LogP contribution in [0.4, 0.5) is 10.5 Å². The van der Waals surface area contributed by atoms with E-state index in [2.05, 4.69) is 10.6 Å². The summed E-state index contributed by atoms with van der Waals surface area (Å²) >= 11 is 0. The van der Waals surface area contributed by atoms with E-state index in [1.807, 2.05) is 75.4 Å². The first kappa shape index (κ1) is 25.0. The molecule has 0 bridgehead atoms. The Morgan fingerprint density at radius 3 is 2.36 bits per heavy atom. The fraction of sp³-hybridized carbons (Fsp3) is 0.276. The van der Waals surface area contributed by atoms with Gasteiger partial charge in [-0.1, -0.05) is 72.3 Å². The molecule has 0 aliphatic carbocycles. The quantitative estimate of drug-likeness (QED) is 0.481. The van der Waals surface area contributed by atoms with Crippen LogP contribution in [0.25, 0.3) is 0 Å². The average Bonchev–Trinajstić information content (AvgIpc) is 3.17. The van der Waals surface area contributed by atoms with Gasteiger partial charge in [-0.2, -0.15) is 0 Å². The maximum atomic E-state index is 13.3. The second-order valence-corrected chi connectivity index (χ2v) is 9.36. The molecule has 0 aromatic heterocycles. The number of carbonyl (C=O) groups is 3. The van der Waals surface area contributed by atoms with Crippen LogP contribution in [0.2, 0.25) is 0 Å². The molecule has 1 saturated heterocycles. The van der Waals surface area contributed by atoms with Crippen LogP contribution in [-0.4, -0.2) is 34.9 Å². The lowest BCUT2D eigenvalue weighted by atomic mass is 9.99. The van der Waals surface area contributed by atoms with E-state index in [0.717, 1.165) is 16.7 Å². The van der Waals surface area contributed by atoms with Gasteiger partial charge in [-0.25, -0.2) is 4.79 Å². The Kier molecular flexibility index (Phi) is 7.68. The minimum Gasteiger partial charge on any atom is -0.438 e. The number of nitrogens with one attached hydrogen (secondary N) is 2. The molecule has 0 radical (unpaired) electrons. The van der Waals surface area contributed by atoms with Gasteiger partial charge < -0.3 is 15.4 Å². The van der Waals surface area contributed by atoms with Gasteiger partial charge in [0.1, 0.15) is 0 Å². The molecule has 7 nitrogen and oxygen atoms in total. The molecule has 1 fully saturated rings. The number of carbonyl (C=O) groups excluding carboxylic acids is 3. The van der Waals surface area contributed by atoms with E-state index < -0.39 is 18.2 Å². The third kappa shape index (κ3) is 6.10. The SMILES string of the molecule is Cc1ccc(CN2C(=O)O[C@@H](c3cccc(NC(=O)Cc4ccccc4)c3)[C@@H]2C(=O)NC(C)C)cc1. The van der Waals surface area contributed by atoms with Crippen LogP contribution in [0.15, 0.2) is 78.9 Å². The highest BCUT2D eigenvalue weighted by Gasteiger charge is 2.47. The number of anilines is 1. The Hall–Kier alpha value is -4.13. The molecule has 3 aromatic rings. The van der Waals surface area contributed by atoms with Crippen LogP contribution in [-0.2, 0) is 27.3 Å². The first-order valence-electron chi connectivity index (χ1n) is 12.1. The van der Waals surface area contributed by atoms with Crippen molar-refractivity contribution in [1.29, 1.82) is 0 Å². The largest absolute Gasteiger partial charge is 0.438 e. The highest BCUT2D eigenvalue weighted by atomic mass is 16.6. The number of rotatable bonds is 8. The predicted octanol–water partition coefficient (Wildman–Crippen LogP) is 4.76. The van der Waals surface area contributed by atoms with E-state index in [0.29, 0.717) is 11.3 Å². The Morgan fingerprint density at radius 1 is 0.944 bits per heavy atom. The molecule has 1 heterocycles. The van der Waals surface area contributed by atoms with Crippen molar-refractivity contribution < 1.29 is 19.1 Å². The van der Waals surface area contributed by atoms with Gasteiger partial charge in [0, 0.05) is 11.7 Å². The Bertz CT molecular complexity index is 1220. The summed E-state index contributed by atoms with van der Waals surface area (Å²) in [7, 11) is 0. The molecule has 7 heteroatoms. The van der Waals surface area contributed by atoms with E-state index in [-0.39, 0.29) is 30.8 Å². The van der Waals surface area contributed by atoms with Gasteiger partial charge in [0.05, 0.1) is 13.0 Å². The smallest absolute Gasteiger partial charge is 0.411 e. The topological polar surface area (TPSA) is 87.7 Å². The molecule has 2 N–H and O–H groups in total. The molecule has 3 aromatic carbocycles. The van der Waals surface area contributed by atoms with Crippen LogP contribution < -0.4 is 10.6 Å².